The van der Waals surface area contributed by atoms with E-state index in [1.54, 1.807) is 0 Å². The molecule has 1 amide bonds. The highest BCUT2D eigenvalue weighted by molar-refractivity contribution is 9.10. The number of amides is 1. The number of anilines is 2. The van der Waals surface area contributed by atoms with Crippen LogP contribution in [-0.4, -0.2) is 50.2 Å². The van der Waals surface area contributed by atoms with Crippen molar-refractivity contribution in [2.75, 3.05) is 43.6 Å². The molecular weight excluding hydrogens is 466 g/mol. The zero-order valence-electron chi connectivity index (χ0n) is 18.9. The van der Waals surface area contributed by atoms with Crippen LogP contribution in [-0.2, 0) is 16.1 Å². The summed E-state index contributed by atoms with van der Waals surface area (Å²) in [6.07, 6.45) is 4.94. The molecule has 0 unspecified atom stereocenters. The van der Waals surface area contributed by atoms with E-state index >= 15 is 0 Å². The predicted molar refractivity (Wildman–Crippen MR) is 135 cm³/mol. The van der Waals surface area contributed by atoms with Crippen molar-refractivity contribution in [2.24, 2.45) is 0 Å². The largest absolute Gasteiger partial charge is 0.381 e. The Kier molecular flexibility index (Phi) is 7.66. The average Bonchev–Trinajstić information content (AvgIpc) is 2.99. The molecule has 32 heavy (non-hydrogen) atoms. The van der Waals surface area contributed by atoms with E-state index in [2.05, 4.69) is 75.3 Å². The van der Waals surface area contributed by atoms with E-state index in [1.165, 1.54) is 11.3 Å². The predicted octanol–water partition coefficient (Wildman–Crippen LogP) is 5.31. The van der Waals surface area contributed by atoms with E-state index in [9.17, 15) is 4.79 Å². The zero-order valence-corrected chi connectivity index (χ0v) is 20.5. The van der Waals surface area contributed by atoms with E-state index in [-0.39, 0.29) is 5.91 Å². The fraction of sp³-hybridized carbons (Fsp3) is 0.423. The quantitative estimate of drug-likeness (QED) is 0.586. The zero-order chi connectivity index (χ0) is 22.5. The van der Waals surface area contributed by atoms with Gasteiger partial charge in [-0.25, -0.2) is 0 Å². The van der Waals surface area contributed by atoms with Crippen LogP contribution in [0.25, 0.3) is 6.08 Å². The van der Waals surface area contributed by atoms with E-state index < -0.39 is 0 Å². The molecule has 5 nitrogen and oxygen atoms in total. The van der Waals surface area contributed by atoms with E-state index in [0.29, 0.717) is 6.04 Å². The van der Waals surface area contributed by atoms with Crippen LogP contribution in [0.2, 0.25) is 0 Å². The lowest BCUT2D eigenvalue weighted by Crippen LogP contribution is -2.36. The molecule has 1 N–H and O–H groups in total. The smallest absolute Gasteiger partial charge is 0.251 e. The topological polar surface area (TPSA) is 44.8 Å². The minimum absolute atomic E-state index is 0.0269. The van der Waals surface area contributed by atoms with Crippen molar-refractivity contribution < 1.29 is 9.53 Å². The third kappa shape index (κ3) is 5.61. The van der Waals surface area contributed by atoms with Crippen LogP contribution >= 0.6 is 15.9 Å². The summed E-state index contributed by atoms with van der Waals surface area (Å²) in [5.74, 6) is -0.0269. The molecule has 2 aliphatic heterocycles. The van der Waals surface area contributed by atoms with E-state index in [0.717, 1.165) is 73.4 Å². The summed E-state index contributed by atoms with van der Waals surface area (Å²) in [6.45, 7) is 6.52. The van der Waals surface area contributed by atoms with Gasteiger partial charge >= 0.3 is 0 Å². The molecule has 0 spiro atoms. The molecule has 1 fully saturated rings. The Morgan fingerprint density at radius 3 is 2.66 bits per heavy atom. The number of fused-ring (bicyclic) bond motifs is 1. The second-order valence-electron chi connectivity index (χ2n) is 8.61. The summed E-state index contributed by atoms with van der Waals surface area (Å²) in [6, 6.07) is 15.1. The van der Waals surface area contributed by atoms with E-state index in [1.807, 2.05) is 18.2 Å². The minimum atomic E-state index is -0.0269. The average molecular weight is 498 g/mol. The highest BCUT2D eigenvalue weighted by Crippen LogP contribution is 2.31. The molecule has 4 rings (SSSR count). The Balaban J connectivity index is 1.41. The third-order valence-electron chi connectivity index (χ3n) is 6.44. The fourth-order valence-electron chi connectivity index (χ4n) is 4.52. The second kappa shape index (κ2) is 10.6. The highest BCUT2D eigenvalue weighted by atomic mass is 79.9. The number of halogens is 1. The molecule has 2 aromatic rings. The molecule has 2 aliphatic rings. The maximum absolute atomic E-state index is 13.0. The molecule has 170 valence electrons. The fourth-order valence-corrected chi connectivity index (χ4v) is 4.90. The lowest BCUT2D eigenvalue weighted by atomic mass is 10.1. The maximum atomic E-state index is 13.0. The van der Waals surface area contributed by atoms with Crippen molar-refractivity contribution >= 4 is 39.3 Å². The minimum Gasteiger partial charge on any atom is -0.381 e. The van der Waals surface area contributed by atoms with Crippen molar-refractivity contribution in [1.29, 1.82) is 0 Å². The van der Waals surface area contributed by atoms with Gasteiger partial charge in [-0.05, 0) is 80.8 Å². The molecule has 1 saturated heterocycles. The molecular formula is C26H32BrN3O2. The number of nitrogens with zero attached hydrogens (tertiary/aromatic N) is 2. The summed E-state index contributed by atoms with van der Waals surface area (Å²) in [7, 11) is 2.18. The number of rotatable bonds is 6. The first-order chi connectivity index (χ1) is 15.5. The summed E-state index contributed by atoms with van der Waals surface area (Å²) in [4.78, 5) is 17.8. The van der Waals surface area contributed by atoms with Gasteiger partial charge < -0.3 is 15.0 Å². The molecule has 0 aromatic heterocycles. The van der Waals surface area contributed by atoms with E-state index in [4.69, 9.17) is 4.74 Å². The monoisotopic (exact) mass is 497 g/mol. The number of nitrogens with one attached hydrogen (secondary N) is 1. The summed E-state index contributed by atoms with van der Waals surface area (Å²) in [5, 5.41) is 3.09. The van der Waals surface area contributed by atoms with Gasteiger partial charge in [0.15, 0.2) is 0 Å². The molecule has 0 bridgehead atoms. The van der Waals surface area contributed by atoms with Crippen LogP contribution in [0.4, 0.5) is 11.4 Å². The number of ether oxygens (including phenoxy) is 1. The number of carbonyl (C=O) groups is 1. The Hall–Kier alpha value is -2.15. The number of hydrogen-bond acceptors (Lipinski definition) is 4. The van der Waals surface area contributed by atoms with Gasteiger partial charge in [-0.2, -0.15) is 0 Å². The summed E-state index contributed by atoms with van der Waals surface area (Å²) in [5.41, 5.74) is 5.15. The standard InChI is InChI=1S/C26H32BrN3O2/c1-3-30-13-10-20(16-21-17-22(27)6-9-25(21)30)26(31)28-23-7-4-19(5-8-23)18-29(2)24-11-14-32-15-12-24/h4-9,16-17,24H,3,10-15,18H2,1-2H3,(H,28,31). The van der Waals surface area contributed by atoms with Crippen molar-refractivity contribution in [3.05, 3.63) is 63.6 Å². The van der Waals surface area contributed by atoms with Crippen molar-refractivity contribution in [3.63, 3.8) is 0 Å². The molecule has 0 saturated carbocycles. The van der Waals surface area contributed by atoms with Crippen LogP contribution in [0.3, 0.4) is 0 Å². The first kappa shape index (κ1) is 23.0. The van der Waals surface area contributed by atoms with Crippen LogP contribution in [0, 0.1) is 0 Å². The second-order valence-corrected chi connectivity index (χ2v) is 9.53. The van der Waals surface area contributed by atoms with Gasteiger partial charge in [0.1, 0.15) is 0 Å². The van der Waals surface area contributed by atoms with Gasteiger partial charge in [-0.1, -0.05) is 28.1 Å². The van der Waals surface area contributed by atoms with Crippen LogP contribution in [0.15, 0.2) is 52.5 Å². The summed E-state index contributed by atoms with van der Waals surface area (Å²) < 4.78 is 6.49. The Morgan fingerprint density at radius 2 is 1.94 bits per heavy atom. The van der Waals surface area contributed by atoms with Crippen molar-refractivity contribution in [2.45, 2.75) is 38.8 Å². The van der Waals surface area contributed by atoms with Crippen LogP contribution < -0.4 is 10.2 Å². The molecule has 0 radical (unpaired) electrons. The maximum Gasteiger partial charge on any atom is 0.251 e. The third-order valence-corrected chi connectivity index (χ3v) is 6.94. The van der Waals surface area contributed by atoms with Crippen molar-refractivity contribution in [1.82, 2.24) is 4.90 Å². The SMILES string of the molecule is CCN1CCC(C(=O)Nc2ccc(CN(C)C3CCOCC3)cc2)=Cc2cc(Br)ccc21. The molecule has 0 atom stereocenters. The lowest BCUT2D eigenvalue weighted by Gasteiger charge is -2.31. The Morgan fingerprint density at radius 1 is 1.19 bits per heavy atom. The van der Waals surface area contributed by atoms with Gasteiger partial charge in [0.05, 0.1) is 0 Å². The molecule has 2 heterocycles. The van der Waals surface area contributed by atoms with Gasteiger partial charge in [-0.3, -0.25) is 9.69 Å². The van der Waals surface area contributed by atoms with Crippen molar-refractivity contribution in [3.8, 4) is 0 Å². The first-order valence-corrected chi connectivity index (χ1v) is 12.3. The normalized spacial score (nSPS) is 17.0. The Labute approximate surface area is 199 Å². The molecule has 2 aromatic carbocycles. The van der Waals surface area contributed by atoms with Gasteiger partial charge in [0.25, 0.3) is 5.91 Å². The number of hydrogen-bond donors (Lipinski definition) is 1. The van der Waals surface area contributed by atoms with Gasteiger partial charge in [0, 0.05) is 60.3 Å². The van der Waals surface area contributed by atoms with Crippen LogP contribution in [0.1, 0.15) is 37.3 Å². The molecule has 6 heteroatoms. The van der Waals surface area contributed by atoms with Crippen LogP contribution in [0.5, 0.6) is 0 Å². The van der Waals surface area contributed by atoms with Gasteiger partial charge in [0.2, 0.25) is 0 Å². The summed E-state index contributed by atoms with van der Waals surface area (Å²) >= 11 is 3.56. The lowest BCUT2D eigenvalue weighted by molar-refractivity contribution is -0.112. The van der Waals surface area contributed by atoms with Gasteiger partial charge in [-0.15, -0.1) is 0 Å². The number of carbonyl (C=O) groups excluding carboxylic acids is 1. The Bertz CT molecular complexity index is 968. The first-order valence-electron chi connectivity index (χ1n) is 11.5. The molecule has 0 aliphatic carbocycles. The highest BCUT2D eigenvalue weighted by Gasteiger charge is 2.20. The number of benzene rings is 2.